The maximum Gasteiger partial charge on any atom is 2.00 e. The number of rotatable bonds is 7. The van der Waals surface area contributed by atoms with E-state index in [0.29, 0.717) is 11.5 Å². The number of ether oxygens (including phenoxy) is 1. The van der Waals surface area contributed by atoms with E-state index in [1.807, 2.05) is 18.0 Å². The largest absolute Gasteiger partial charge is 2.00 e. The fourth-order valence-electron chi connectivity index (χ4n) is 8.17. The Morgan fingerprint density at radius 2 is 1.36 bits per heavy atom. The van der Waals surface area contributed by atoms with Crippen LogP contribution in [0.15, 0.2) is 120 Å². The average Bonchev–Trinajstić information content (AvgIpc) is 3.65. The van der Waals surface area contributed by atoms with E-state index in [-0.39, 0.29) is 49.3 Å². The molecule has 0 fully saturated rings. The Hall–Kier alpha value is -4.44. The van der Waals surface area contributed by atoms with Crippen LogP contribution in [0.3, 0.4) is 0 Å². The molecule has 0 saturated heterocycles. The summed E-state index contributed by atoms with van der Waals surface area (Å²) in [4.78, 5) is 12.8. The number of thioether (sulfide) groups is 1. The first-order valence-corrected chi connectivity index (χ1v) is 21.1. The average molecular weight is 963 g/mol. The summed E-state index contributed by atoms with van der Waals surface area (Å²) in [7, 11) is 0. The van der Waals surface area contributed by atoms with Crippen LogP contribution in [0.25, 0.3) is 0 Å². The number of hydrogen-bond acceptors (Lipinski definition) is 5. The topological polar surface area (TPSA) is 37.7 Å². The zero-order valence-corrected chi connectivity index (χ0v) is 38.4. The number of benzene rings is 5. The SMILES string of the molecule is Cc1cc(Oc2[c-]c(C3=N[C@H](C(c4ccccc4)c4ccccc4)CS3)cc(C(C)(C)C)c2)[c-]c(N2c3ccc(C(C)(C)C)cc3C(C)(C)c3cc(C)cnc32)c1.[Pt+2]. The van der Waals surface area contributed by atoms with Gasteiger partial charge in [0.05, 0.1) is 6.04 Å². The quantitative estimate of drug-likeness (QED) is 0.149. The zero-order chi connectivity index (χ0) is 40.3. The van der Waals surface area contributed by atoms with Crippen molar-refractivity contribution in [3.8, 4) is 11.5 Å². The molecule has 6 heteroatoms. The summed E-state index contributed by atoms with van der Waals surface area (Å²) >= 11 is 1.81. The molecule has 0 spiro atoms. The van der Waals surface area contributed by atoms with E-state index in [9.17, 15) is 0 Å². The van der Waals surface area contributed by atoms with Crippen molar-refractivity contribution in [2.45, 2.75) is 97.4 Å². The predicted molar refractivity (Wildman–Crippen MR) is 240 cm³/mol. The molecule has 58 heavy (non-hydrogen) atoms. The Morgan fingerprint density at radius 3 is 2.00 bits per heavy atom. The van der Waals surface area contributed by atoms with Crippen LogP contribution in [0.1, 0.15) is 111 Å². The third-order valence-electron chi connectivity index (χ3n) is 11.4. The molecular formula is C52H53N3OPtS. The summed E-state index contributed by atoms with van der Waals surface area (Å²) in [5.74, 6) is 3.27. The molecule has 1 atom stereocenters. The van der Waals surface area contributed by atoms with Gasteiger partial charge in [-0.1, -0.05) is 153 Å². The minimum absolute atomic E-state index is 0. The van der Waals surface area contributed by atoms with E-state index in [1.54, 1.807) is 0 Å². The van der Waals surface area contributed by atoms with Gasteiger partial charge in [-0.15, -0.1) is 35.4 Å². The van der Waals surface area contributed by atoms with Crippen molar-refractivity contribution in [1.29, 1.82) is 0 Å². The third-order valence-corrected chi connectivity index (χ3v) is 12.5. The number of pyridine rings is 1. The van der Waals surface area contributed by atoms with Gasteiger partial charge in [0.2, 0.25) is 0 Å². The van der Waals surface area contributed by atoms with Crippen LogP contribution in [-0.2, 0) is 37.3 Å². The fraction of sp³-hybridized carbons (Fsp3) is 0.308. The molecule has 2 aliphatic heterocycles. The fourth-order valence-corrected chi connectivity index (χ4v) is 9.24. The van der Waals surface area contributed by atoms with E-state index in [0.717, 1.165) is 44.7 Å². The van der Waals surface area contributed by atoms with Crippen LogP contribution < -0.4 is 9.64 Å². The molecule has 0 saturated carbocycles. The summed E-state index contributed by atoms with van der Waals surface area (Å²) in [6.07, 6.45) is 1.97. The van der Waals surface area contributed by atoms with E-state index < -0.39 is 0 Å². The number of aliphatic imine (C=N–C) groups is 1. The molecule has 1 aromatic heterocycles. The standard InChI is InChI=1S/C52H53N3OS.Pt/c1-33-23-40(55-46-22-21-38(50(3,4)5)29-43(46)52(9,10)44-25-34(2)31-53-48(44)55)30-41(24-33)56-42-27-37(26-39(28-42)51(6,7)8)49-54-45(32-57-49)47(35-17-13-11-14-18-35)36-19-15-12-16-20-36;/h11-26,28-29,31,45,47H,32H2,1-10H3;/q-2;+2/t45-;/m0./s1. The number of hydrogen-bond donors (Lipinski definition) is 0. The number of fused-ring (bicyclic) bond motifs is 2. The van der Waals surface area contributed by atoms with Gasteiger partial charge in [-0.05, 0) is 57.7 Å². The first-order chi connectivity index (χ1) is 27.1. The minimum atomic E-state index is -0.244. The van der Waals surface area contributed by atoms with E-state index >= 15 is 0 Å². The number of nitrogens with zero attached hydrogens (tertiary/aromatic N) is 3. The molecule has 4 nitrogen and oxygen atoms in total. The Labute approximate surface area is 364 Å². The second-order valence-electron chi connectivity index (χ2n) is 18.3. The minimum Gasteiger partial charge on any atom is -0.503 e. The van der Waals surface area contributed by atoms with Crippen molar-refractivity contribution >= 4 is 34.0 Å². The molecule has 0 unspecified atom stereocenters. The third kappa shape index (κ3) is 8.23. The number of aryl methyl sites for hydroxylation is 2. The van der Waals surface area contributed by atoms with Gasteiger partial charge in [-0.25, -0.2) is 4.98 Å². The molecule has 3 heterocycles. The second-order valence-corrected chi connectivity index (χ2v) is 19.4. The van der Waals surface area contributed by atoms with Crippen LogP contribution in [-0.4, -0.2) is 21.8 Å². The Kier molecular flexibility index (Phi) is 11.5. The van der Waals surface area contributed by atoms with Gasteiger partial charge in [0.15, 0.2) is 0 Å². The summed E-state index contributed by atoms with van der Waals surface area (Å²) < 4.78 is 6.82. The van der Waals surface area contributed by atoms with Crippen molar-refractivity contribution in [2.24, 2.45) is 4.99 Å². The molecule has 5 aromatic carbocycles. The van der Waals surface area contributed by atoms with Crippen molar-refractivity contribution < 1.29 is 25.8 Å². The molecule has 0 bridgehead atoms. The number of aromatic nitrogens is 1. The molecule has 6 aromatic rings. The predicted octanol–water partition coefficient (Wildman–Crippen LogP) is 13.5. The van der Waals surface area contributed by atoms with Crippen molar-refractivity contribution in [3.63, 3.8) is 0 Å². The molecule has 2 aliphatic rings. The second kappa shape index (κ2) is 16.0. The molecule has 0 radical (unpaired) electrons. The van der Waals surface area contributed by atoms with Crippen LogP contribution in [0.4, 0.5) is 17.2 Å². The van der Waals surface area contributed by atoms with Crippen molar-refractivity contribution in [1.82, 2.24) is 4.98 Å². The van der Waals surface area contributed by atoms with Gasteiger partial charge in [-0.3, -0.25) is 0 Å². The molecule has 298 valence electrons. The van der Waals surface area contributed by atoms with Crippen LogP contribution in [0.2, 0.25) is 0 Å². The maximum absolute atomic E-state index is 6.82. The molecule has 0 aliphatic carbocycles. The van der Waals surface area contributed by atoms with Gasteiger partial charge in [-0.2, -0.15) is 17.3 Å². The Bertz CT molecular complexity index is 2440. The molecular weight excluding hydrogens is 910 g/mol. The first kappa shape index (κ1) is 41.7. The van der Waals surface area contributed by atoms with Crippen LogP contribution in [0.5, 0.6) is 11.5 Å². The van der Waals surface area contributed by atoms with E-state index in [4.69, 9.17) is 14.7 Å². The summed E-state index contributed by atoms with van der Waals surface area (Å²) in [6.45, 7) is 22.4. The van der Waals surface area contributed by atoms with Gasteiger partial charge in [0.1, 0.15) is 5.82 Å². The van der Waals surface area contributed by atoms with Gasteiger partial charge in [0.25, 0.3) is 0 Å². The Balaban J connectivity index is 0.00000512. The summed E-state index contributed by atoms with van der Waals surface area (Å²) in [6, 6.07) is 46.8. The summed E-state index contributed by atoms with van der Waals surface area (Å²) in [5.41, 5.74) is 12.4. The molecule has 8 rings (SSSR count). The van der Waals surface area contributed by atoms with Crippen LogP contribution >= 0.6 is 11.8 Å². The van der Waals surface area contributed by atoms with Gasteiger partial charge in [0, 0.05) is 51.1 Å². The molecule has 0 N–H and O–H groups in total. The Morgan fingerprint density at radius 1 is 0.724 bits per heavy atom. The van der Waals surface area contributed by atoms with Crippen molar-refractivity contribution in [2.75, 3.05) is 10.7 Å². The zero-order valence-electron chi connectivity index (χ0n) is 35.3. The molecule has 0 amide bonds. The van der Waals surface area contributed by atoms with Crippen LogP contribution in [0, 0.1) is 26.0 Å². The van der Waals surface area contributed by atoms with E-state index in [1.165, 1.54) is 33.4 Å². The monoisotopic (exact) mass is 962 g/mol. The summed E-state index contributed by atoms with van der Waals surface area (Å²) in [5, 5.41) is 1.00. The normalized spacial score (nSPS) is 16.0. The smallest absolute Gasteiger partial charge is 0.503 e. The van der Waals surface area contributed by atoms with Crippen molar-refractivity contribution in [3.05, 3.63) is 178 Å². The number of anilines is 3. The van der Waals surface area contributed by atoms with E-state index in [2.05, 4.69) is 195 Å². The van der Waals surface area contributed by atoms with Gasteiger partial charge < -0.3 is 14.6 Å². The van der Waals surface area contributed by atoms with Gasteiger partial charge >= 0.3 is 21.1 Å². The maximum atomic E-state index is 6.82. The first-order valence-electron chi connectivity index (χ1n) is 20.1.